The molecule has 1 aromatic rings. The quantitative estimate of drug-likeness (QED) is 0.847. The molecule has 0 amide bonds. The Hall–Kier alpha value is -0.930. The predicted octanol–water partition coefficient (Wildman–Crippen LogP) is 3.66. The second-order valence-electron chi connectivity index (χ2n) is 6.57. The molecule has 1 aromatic carbocycles. The average molecular weight is 309 g/mol. The lowest BCUT2D eigenvalue weighted by Crippen LogP contribution is -2.58. The molecule has 2 saturated heterocycles. The van der Waals surface area contributed by atoms with E-state index in [0.29, 0.717) is 23.0 Å². The maximum absolute atomic E-state index is 6.17. The van der Waals surface area contributed by atoms with Crippen LogP contribution in [0.15, 0.2) is 18.2 Å². The third kappa shape index (κ3) is 2.86. The Kier molecular flexibility index (Phi) is 4.32. The van der Waals surface area contributed by atoms with Crippen LogP contribution < -0.4 is 9.64 Å². The fourth-order valence-corrected chi connectivity index (χ4v) is 3.93. The molecule has 2 atom stereocenters. The van der Waals surface area contributed by atoms with E-state index >= 15 is 0 Å². The van der Waals surface area contributed by atoms with Gasteiger partial charge in [-0.3, -0.25) is 4.90 Å². The largest absolute Gasteiger partial charge is 0.495 e. The van der Waals surface area contributed by atoms with Gasteiger partial charge < -0.3 is 9.64 Å². The minimum Gasteiger partial charge on any atom is -0.495 e. The van der Waals surface area contributed by atoms with Gasteiger partial charge in [-0.2, -0.15) is 0 Å². The van der Waals surface area contributed by atoms with Crippen molar-refractivity contribution in [1.82, 2.24) is 4.90 Å². The summed E-state index contributed by atoms with van der Waals surface area (Å²) >= 11 is 6.17. The van der Waals surface area contributed by atoms with E-state index in [1.807, 2.05) is 6.07 Å². The maximum Gasteiger partial charge on any atom is 0.139 e. The van der Waals surface area contributed by atoms with Gasteiger partial charge in [0.2, 0.25) is 0 Å². The Morgan fingerprint density at radius 1 is 1.29 bits per heavy atom. The molecule has 3 nitrogen and oxygen atoms in total. The van der Waals surface area contributed by atoms with Crippen LogP contribution in [-0.4, -0.2) is 43.7 Å². The summed E-state index contributed by atoms with van der Waals surface area (Å²) in [4.78, 5) is 5.24. The fourth-order valence-electron chi connectivity index (χ4n) is 3.74. The summed E-state index contributed by atoms with van der Waals surface area (Å²) in [6.45, 7) is 8.20. The number of piperazine rings is 1. The van der Waals surface area contributed by atoms with Gasteiger partial charge in [-0.05, 0) is 37.4 Å². The van der Waals surface area contributed by atoms with Gasteiger partial charge in [0.05, 0.1) is 12.1 Å². The number of rotatable bonds is 3. The van der Waals surface area contributed by atoms with Gasteiger partial charge in [0.15, 0.2) is 0 Å². The zero-order chi connectivity index (χ0) is 15.0. The monoisotopic (exact) mass is 308 g/mol. The number of halogens is 1. The Balaban J connectivity index is 1.90. The van der Waals surface area contributed by atoms with Crippen molar-refractivity contribution < 1.29 is 4.74 Å². The highest BCUT2D eigenvalue weighted by Crippen LogP contribution is 2.35. The van der Waals surface area contributed by atoms with Gasteiger partial charge in [0, 0.05) is 36.9 Å². The van der Waals surface area contributed by atoms with Crippen LogP contribution in [0, 0.1) is 5.92 Å². The molecule has 4 heteroatoms. The number of benzene rings is 1. The highest BCUT2D eigenvalue weighted by molar-refractivity contribution is 6.32. The van der Waals surface area contributed by atoms with E-state index in [9.17, 15) is 0 Å². The molecule has 0 aromatic heterocycles. The van der Waals surface area contributed by atoms with Gasteiger partial charge in [-0.25, -0.2) is 0 Å². The first-order chi connectivity index (χ1) is 10.1. The van der Waals surface area contributed by atoms with Gasteiger partial charge in [-0.1, -0.05) is 25.4 Å². The first-order valence-corrected chi connectivity index (χ1v) is 8.32. The molecule has 21 heavy (non-hydrogen) atoms. The van der Waals surface area contributed by atoms with E-state index in [4.69, 9.17) is 16.3 Å². The smallest absolute Gasteiger partial charge is 0.139 e. The van der Waals surface area contributed by atoms with E-state index in [2.05, 4.69) is 35.8 Å². The maximum atomic E-state index is 6.17. The van der Waals surface area contributed by atoms with E-state index in [1.54, 1.807) is 7.11 Å². The third-order valence-corrected chi connectivity index (χ3v) is 5.28. The van der Waals surface area contributed by atoms with E-state index in [1.165, 1.54) is 31.6 Å². The van der Waals surface area contributed by atoms with Crippen LogP contribution >= 0.6 is 11.6 Å². The highest BCUT2D eigenvalue weighted by Gasteiger charge is 2.37. The highest BCUT2D eigenvalue weighted by atomic mass is 35.5. The van der Waals surface area contributed by atoms with Crippen LogP contribution in [0.1, 0.15) is 26.7 Å². The average Bonchev–Trinajstić information content (AvgIpc) is 2.93. The van der Waals surface area contributed by atoms with Gasteiger partial charge in [-0.15, -0.1) is 0 Å². The molecule has 2 aliphatic heterocycles. The number of anilines is 1. The summed E-state index contributed by atoms with van der Waals surface area (Å²) in [5, 5.41) is 0.682. The molecule has 0 radical (unpaired) electrons. The van der Waals surface area contributed by atoms with Crippen LogP contribution in [0.3, 0.4) is 0 Å². The third-order valence-electron chi connectivity index (χ3n) is 4.96. The van der Waals surface area contributed by atoms with Crippen LogP contribution in [0.2, 0.25) is 5.02 Å². The molecule has 3 rings (SSSR count). The Bertz CT molecular complexity index is 506. The van der Waals surface area contributed by atoms with Crippen LogP contribution in [0.4, 0.5) is 5.69 Å². The van der Waals surface area contributed by atoms with E-state index in [0.717, 1.165) is 12.3 Å². The Morgan fingerprint density at radius 3 is 2.81 bits per heavy atom. The standard InChI is InChI=1S/C17H25ClN2O/c1-12(2)16-11-19-8-4-5-14(19)10-20(16)13-6-7-15(18)17(9-13)21-3/h6-7,9,12,14,16H,4-5,8,10-11H2,1-3H3. The van der Waals surface area contributed by atoms with Crippen LogP contribution in [-0.2, 0) is 0 Å². The first-order valence-electron chi connectivity index (χ1n) is 7.94. The van der Waals surface area contributed by atoms with Crippen molar-refractivity contribution in [2.45, 2.75) is 38.8 Å². The van der Waals surface area contributed by atoms with Crippen LogP contribution in [0.5, 0.6) is 5.75 Å². The molecule has 2 unspecified atom stereocenters. The summed E-state index contributed by atoms with van der Waals surface area (Å²) in [5.41, 5.74) is 1.24. The van der Waals surface area contributed by atoms with Crippen molar-refractivity contribution in [3.05, 3.63) is 23.2 Å². The molecular weight excluding hydrogens is 284 g/mol. The summed E-state index contributed by atoms with van der Waals surface area (Å²) in [5.74, 6) is 1.40. The SMILES string of the molecule is COc1cc(N2CC3CCCN3CC2C(C)C)ccc1Cl. The minimum absolute atomic E-state index is 0.560. The molecule has 0 bridgehead atoms. The topological polar surface area (TPSA) is 15.7 Å². The van der Waals surface area contributed by atoms with Crippen molar-refractivity contribution in [1.29, 1.82) is 0 Å². The number of hydrogen-bond donors (Lipinski definition) is 0. The second kappa shape index (κ2) is 6.05. The van der Waals surface area contributed by atoms with Gasteiger partial charge in [0.25, 0.3) is 0 Å². The zero-order valence-corrected chi connectivity index (χ0v) is 13.9. The molecule has 2 fully saturated rings. The fraction of sp³-hybridized carbons (Fsp3) is 0.647. The number of nitrogens with zero attached hydrogens (tertiary/aromatic N) is 2. The molecule has 116 valence electrons. The lowest BCUT2D eigenvalue weighted by Gasteiger charge is -2.47. The second-order valence-corrected chi connectivity index (χ2v) is 6.98. The number of hydrogen-bond acceptors (Lipinski definition) is 3. The van der Waals surface area contributed by atoms with E-state index < -0.39 is 0 Å². The Labute approximate surface area is 132 Å². The lowest BCUT2D eigenvalue weighted by molar-refractivity contribution is 0.176. The molecular formula is C17H25ClN2O. The minimum atomic E-state index is 0.560. The predicted molar refractivity (Wildman–Crippen MR) is 88.6 cm³/mol. The van der Waals surface area contributed by atoms with Gasteiger partial charge >= 0.3 is 0 Å². The first kappa shape index (κ1) is 15.0. The van der Waals surface area contributed by atoms with Crippen molar-refractivity contribution >= 4 is 17.3 Å². The summed E-state index contributed by atoms with van der Waals surface area (Å²) < 4.78 is 5.39. The molecule has 0 N–H and O–H groups in total. The molecule has 0 saturated carbocycles. The lowest BCUT2D eigenvalue weighted by atomic mass is 9.96. The van der Waals surface area contributed by atoms with E-state index in [-0.39, 0.29) is 0 Å². The molecule has 0 spiro atoms. The normalized spacial score (nSPS) is 26.2. The van der Waals surface area contributed by atoms with Crippen molar-refractivity contribution in [2.24, 2.45) is 5.92 Å². The number of ether oxygens (including phenoxy) is 1. The molecule has 2 aliphatic rings. The summed E-state index contributed by atoms with van der Waals surface area (Å²) in [6.07, 6.45) is 2.67. The summed E-state index contributed by atoms with van der Waals surface area (Å²) in [6, 6.07) is 7.44. The zero-order valence-electron chi connectivity index (χ0n) is 13.2. The van der Waals surface area contributed by atoms with Crippen molar-refractivity contribution in [3.63, 3.8) is 0 Å². The molecule has 2 heterocycles. The Morgan fingerprint density at radius 2 is 2.10 bits per heavy atom. The molecule has 0 aliphatic carbocycles. The van der Waals surface area contributed by atoms with Crippen molar-refractivity contribution in [3.8, 4) is 5.75 Å². The van der Waals surface area contributed by atoms with Gasteiger partial charge in [0.1, 0.15) is 5.75 Å². The van der Waals surface area contributed by atoms with Crippen molar-refractivity contribution in [2.75, 3.05) is 31.6 Å². The number of fused-ring (bicyclic) bond motifs is 1. The number of methoxy groups -OCH3 is 1. The summed E-state index contributed by atoms with van der Waals surface area (Å²) in [7, 11) is 1.68. The van der Waals surface area contributed by atoms with Crippen LogP contribution in [0.25, 0.3) is 0 Å².